The Bertz CT molecular complexity index is 384. The lowest BCUT2D eigenvalue weighted by atomic mass is 10.1. The van der Waals surface area contributed by atoms with E-state index in [0.717, 1.165) is 22.3 Å². The van der Waals surface area contributed by atoms with Crippen molar-refractivity contribution in [2.45, 2.75) is 12.8 Å². The normalized spacial score (nSPS) is 16.9. The number of carbonyl (C=O) groups is 1. The zero-order valence-corrected chi connectivity index (χ0v) is 10.3. The number of nitrogens with zero attached hydrogens (tertiary/aromatic N) is 1. The highest BCUT2D eigenvalue weighted by Crippen LogP contribution is 2.25. The van der Waals surface area contributed by atoms with Gasteiger partial charge in [0.05, 0.1) is 5.69 Å². The second kappa shape index (κ2) is 4.47. The monoisotopic (exact) mass is 319 g/mol. The maximum absolute atomic E-state index is 12.9. The largest absolute Gasteiger partial charge is 0.370 e. The molecule has 1 aromatic rings. The van der Waals surface area contributed by atoms with E-state index in [1.165, 1.54) is 12.1 Å². The third-order valence-electron chi connectivity index (χ3n) is 2.57. The number of carbonyl (C=O) groups excluding carboxylic acids is 1. The number of rotatable bonds is 1. The minimum Gasteiger partial charge on any atom is -0.370 e. The molecule has 1 saturated heterocycles. The summed E-state index contributed by atoms with van der Waals surface area (Å²) in [5, 5.41) is 0. The van der Waals surface area contributed by atoms with Gasteiger partial charge in [0, 0.05) is 29.5 Å². The quantitative estimate of drug-likeness (QED) is 0.742. The van der Waals surface area contributed by atoms with E-state index < -0.39 is 0 Å². The van der Waals surface area contributed by atoms with Crippen molar-refractivity contribution in [3.8, 4) is 0 Å². The van der Waals surface area contributed by atoms with Crippen LogP contribution in [0.5, 0.6) is 0 Å². The van der Waals surface area contributed by atoms with Crippen LogP contribution in [-0.4, -0.2) is 18.9 Å². The van der Waals surface area contributed by atoms with Gasteiger partial charge < -0.3 is 4.90 Å². The molecule has 0 saturated carbocycles. The first-order valence-corrected chi connectivity index (χ1v) is 5.96. The molecule has 2 rings (SSSR count). The molecule has 0 amide bonds. The molecule has 0 aromatic heterocycles. The molecule has 0 atom stereocenters. The summed E-state index contributed by atoms with van der Waals surface area (Å²) in [7, 11) is 0. The molecule has 1 fully saturated rings. The number of Topliss-reactive ketones (excluding diaryl/α,β-unsaturated/α-hetero) is 1. The van der Waals surface area contributed by atoms with Crippen LogP contribution >= 0.6 is 22.6 Å². The maximum atomic E-state index is 12.9. The molecule has 1 aliphatic rings. The average Bonchev–Trinajstić information content (AvgIpc) is 2.20. The smallest absolute Gasteiger partial charge is 0.136 e. The van der Waals surface area contributed by atoms with E-state index in [0.29, 0.717) is 18.6 Å². The molecule has 0 radical (unpaired) electrons. The number of halogens is 2. The van der Waals surface area contributed by atoms with E-state index in [2.05, 4.69) is 27.5 Å². The minimum atomic E-state index is -0.212. The Balaban J connectivity index is 2.19. The third kappa shape index (κ3) is 2.48. The predicted molar refractivity (Wildman–Crippen MR) is 65.6 cm³/mol. The van der Waals surface area contributed by atoms with Crippen molar-refractivity contribution in [3.05, 3.63) is 27.6 Å². The first-order valence-electron chi connectivity index (χ1n) is 4.88. The van der Waals surface area contributed by atoms with Gasteiger partial charge in [-0.05, 0) is 40.8 Å². The van der Waals surface area contributed by atoms with E-state index >= 15 is 0 Å². The topological polar surface area (TPSA) is 20.3 Å². The zero-order valence-electron chi connectivity index (χ0n) is 8.17. The van der Waals surface area contributed by atoms with E-state index in [1.54, 1.807) is 6.07 Å². The fourth-order valence-corrected chi connectivity index (χ4v) is 2.55. The van der Waals surface area contributed by atoms with Crippen LogP contribution in [0.3, 0.4) is 0 Å². The van der Waals surface area contributed by atoms with E-state index in [9.17, 15) is 9.18 Å². The molecule has 0 bridgehead atoms. The highest BCUT2D eigenvalue weighted by molar-refractivity contribution is 14.1. The van der Waals surface area contributed by atoms with Crippen molar-refractivity contribution >= 4 is 34.1 Å². The van der Waals surface area contributed by atoms with Crippen LogP contribution in [0.4, 0.5) is 10.1 Å². The van der Waals surface area contributed by atoms with Crippen LogP contribution in [0.25, 0.3) is 0 Å². The summed E-state index contributed by atoms with van der Waals surface area (Å²) < 4.78 is 13.8. The molecule has 0 spiro atoms. The molecular formula is C11H11FINO. The second-order valence-electron chi connectivity index (χ2n) is 3.62. The van der Waals surface area contributed by atoms with Gasteiger partial charge in [0.25, 0.3) is 0 Å². The van der Waals surface area contributed by atoms with Crippen LogP contribution in [0.2, 0.25) is 0 Å². The number of anilines is 1. The van der Waals surface area contributed by atoms with Crippen molar-refractivity contribution in [2.24, 2.45) is 0 Å². The second-order valence-corrected chi connectivity index (χ2v) is 4.78. The molecule has 80 valence electrons. The number of benzene rings is 1. The summed E-state index contributed by atoms with van der Waals surface area (Å²) in [5.74, 6) is 0.111. The molecule has 1 aromatic carbocycles. The molecule has 1 aliphatic heterocycles. The van der Waals surface area contributed by atoms with Crippen molar-refractivity contribution < 1.29 is 9.18 Å². The Hall–Kier alpha value is -0.650. The number of piperidine rings is 1. The Morgan fingerprint density at radius 1 is 1.27 bits per heavy atom. The van der Waals surface area contributed by atoms with Gasteiger partial charge in [0.15, 0.2) is 0 Å². The Kier molecular flexibility index (Phi) is 3.23. The van der Waals surface area contributed by atoms with Gasteiger partial charge in [-0.15, -0.1) is 0 Å². The summed E-state index contributed by atoms with van der Waals surface area (Å²) in [6.07, 6.45) is 1.21. The van der Waals surface area contributed by atoms with Crippen molar-refractivity contribution in [2.75, 3.05) is 18.0 Å². The lowest BCUT2D eigenvalue weighted by molar-refractivity contribution is -0.119. The molecule has 2 nitrogen and oxygen atoms in total. The molecule has 4 heteroatoms. The van der Waals surface area contributed by atoms with Gasteiger partial charge >= 0.3 is 0 Å². The van der Waals surface area contributed by atoms with Gasteiger partial charge in [0.1, 0.15) is 11.6 Å². The molecule has 1 heterocycles. The fraction of sp³-hybridized carbons (Fsp3) is 0.364. The van der Waals surface area contributed by atoms with Gasteiger partial charge in [-0.1, -0.05) is 0 Å². The summed E-state index contributed by atoms with van der Waals surface area (Å²) in [6, 6.07) is 4.77. The van der Waals surface area contributed by atoms with E-state index in [-0.39, 0.29) is 5.82 Å². The summed E-state index contributed by atoms with van der Waals surface area (Å²) in [4.78, 5) is 13.2. The Labute approximate surface area is 102 Å². The SMILES string of the molecule is O=C1CCN(c2ccc(F)cc2I)CC1. The summed E-state index contributed by atoms with van der Waals surface area (Å²) >= 11 is 2.13. The molecule has 0 unspecified atom stereocenters. The summed E-state index contributed by atoms with van der Waals surface area (Å²) in [5.41, 5.74) is 1.03. The molecule has 15 heavy (non-hydrogen) atoms. The zero-order chi connectivity index (χ0) is 10.8. The molecule has 0 N–H and O–H groups in total. The predicted octanol–water partition coefficient (Wildman–Crippen LogP) is 2.60. The van der Waals surface area contributed by atoms with Gasteiger partial charge in [0.2, 0.25) is 0 Å². The van der Waals surface area contributed by atoms with E-state index in [4.69, 9.17) is 0 Å². The van der Waals surface area contributed by atoms with Crippen LogP contribution in [0.1, 0.15) is 12.8 Å². The van der Waals surface area contributed by atoms with Gasteiger partial charge in [-0.2, -0.15) is 0 Å². The van der Waals surface area contributed by atoms with Gasteiger partial charge in [-0.25, -0.2) is 4.39 Å². The lowest BCUT2D eigenvalue weighted by Gasteiger charge is -2.29. The van der Waals surface area contributed by atoms with Crippen molar-refractivity contribution in [1.82, 2.24) is 0 Å². The highest BCUT2D eigenvalue weighted by atomic mass is 127. The van der Waals surface area contributed by atoms with Crippen molar-refractivity contribution in [1.29, 1.82) is 0 Å². The van der Waals surface area contributed by atoms with E-state index in [1.807, 2.05) is 0 Å². The third-order valence-corrected chi connectivity index (χ3v) is 3.44. The summed E-state index contributed by atoms with van der Waals surface area (Å²) in [6.45, 7) is 1.50. The van der Waals surface area contributed by atoms with Crippen molar-refractivity contribution in [3.63, 3.8) is 0 Å². The lowest BCUT2D eigenvalue weighted by Crippen LogP contribution is -2.34. The Morgan fingerprint density at radius 3 is 2.53 bits per heavy atom. The Morgan fingerprint density at radius 2 is 1.93 bits per heavy atom. The van der Waals surface area contributed by atoms with Crippen LogP contribution in [-0.2, 0) is 4.79 Å². The maximum Gasteiger partial charge on any atom is 0.136 e. The number of ketones is 1. The first-order chi connectivity index (χ1) is 7.16. The van der Waals surface area contributed by atoms with Crippen LogP contribution in [0.15, 0.2) is 18.2 Å². The standard InChI is InChI=1S/C11H11FINO/c12-8-1-2-11(10(13)7-8)14-5-3-9(15)4-6-14/h1-2,7H,3-6H2. The molecule has 0 aliphatic carbocycles. The van der Waals surface area contributed by atoms with Gasteiger partial charge in [-0.3, -0.25) is 4.79 Å². The first kappa shape index (κ1) is 10.9. The number of hydrogen-bond donors (Lipinski definition) is 0. The molecular weight excluding hydrogens is 308 g/mol. The minimum absolute atomic E-state index is 0.212. The van der Waals surface area contributed by atoms with Crippen LogP contribution < -0.4 is 4.90 Å². The average molecular weight is 319 g/mol. The number of hydrogen-bond acceptors (Lipinski definition) is 2. The fourth-order valence-electron chi connectivity index (χ4n) is 1.73. The highest BCUT2D eigenvalue weighted by Gasteiger charge is 2.18. The van der Waals surface area contributed by atoms with Crippen LogP contribution in [0, 0.1) is 9.39 Å².